The van der Waals surface area contributed by atoms with E-state index in [0.29, 0.717) is 21.5 Å². The van der Waals surface area contributed by atoms with Crippen LogP contribution in [0.15, 0.2) is 22.8 Å². The highest BCUT2D eigenvalue weighted by Gasteiger charge is 2.24. The van der Waals surface area contributed by atoms with Crippen LogP contribution in [0, 0.1) is 6.92 Å². The molecule has 2 rings (SSSR count). The number of aryl methyl sites for hydroxylation is 1. The van der Waals surface area contributed by atoms with Crippen LogP contribution >= 0.6 is 27.5 Å². The van der Waals surface area contributed by atoms with Gasteiger partial charge in [0.05, 0.1) is 30.8 Å². The second kappa shape index (κ2) is 7.19. The quantitative estimate of drug-likeness (QED) is 0.708. The van der Waals surface area contributed by atoms with Gasteiger partial charge in [-0.1, -0.05) is 11.6 Å². The first-order valence-electron chi connectivity index (χ1n) is 6.59. The zero-order valence-electron chi connectivity index (χ0n) is 13.1. The summed E-state index contributed by atoms with van der Waals surface area (Å²) in [5, 5.41) is 0.246. The van der Waals surface area contributed by atoms with Crippen LogP contribution in [0.3, 0.4) is 0 Å². The minimum absolute atomic E-state index is 0.164. The van der Waals surface area contributed by atoms with Crippen LogP contribution in [0.2, 0.25) is 5.02 Å². The Bertz CT molecular complexity index is 764. The number of rotatable bonds is 5. The summed E-state index contributed by atoms with van der Waals surface area (Å²) in [6.07, 6.45) is 1.49. The number of aromatic nitrogens is 1. The van der Waals surface area contributed by atoms with Gasteiger partial charge in [-0.3, -0.25) is 4.79 Å². The van der Waals surface area contributed by atoms with E-state index in [1.54, 1.807) is 19.1 Å². The second-order valence-corrected chi connectivity index (χ2v) is 5.89. The van der Waals surface area contributed by atoms with Crippen LogP contribution in [-0.2, 0) is 0 Å². The van der Waals surface area contributed by atoms with Crippen LogP contribution in [0.5, 0.6) is 17.4 Å². The maximum atomic E-state index is 13.0. The molecule has 1 aromatic carbocycles. The van der Waals surface area contributed by atoms with Crippen molar-refractivity contribution in [3.05, 3.63) is 44.5 Å². The average molecular weight is 401 g/mol. The van der Waals surface area contributed by atoms with Gasteiger partial charge in [-0.2, -0.15) is 0 Å². The normalized spacial score (nSPS) is 10.3. The summed E-state index contributed by atoms with van der Waals surface area (Å²) in [6, 6.07) is 3.35. The van der Waals surface area contributed by atoms with E-state index in [1.165, 1.54) is 27.5 Å². The molecule has 7 heteroatoms. The topological polar surface area (TPSA) is 57.7 Å². The van der Waals surface area contributed by atoms with E-state index in [2.05, 4.69) is 20.9 Å². The third-order valence-electron chi connectivity index (χ3n) is 3.33. The Morgan fingerprint density at radius 3 is 2.30 bits per heavy atom. The van der Waals surface area contributed by atoms with Crippen LogP contribution < -0.4 is 14.2 Å². The molecule has 0 N–H and O–H groups in total. The van der Waals surface area contributed by atoms with Crippen molar-refractivity contribution in [2.75, 3.05) is 21.3 Å². The van der Waals surface area contributed by atoms with Crippen molar-refractivity contribution in [2.45, 2.75) is 6.92 Å². The van der Waals surface area contributed by atoms with Gasteiger partial charge in [0.15, 0.2) is 17.3 Å². The van der Waals surface area contributed by atoms with Gasteiger partial charge >= 0.3 is 0 Å². The SMILES string of the molecule is COc1cc(C)c(C(=O)c2c(OC)ncc(Br)c2Cl)cc1OC. The molecule has 23 heavy (non-hydrogen) atoms. The van der Waals surface area contributed by atoms with Gasteiger partial charge in [0.2, 0.25) is 5.88 Å². The summed E-state index contributed by atoms with van der Waals surface area (Å²) in [5.74, 6) is 0.864. The standard InChI is InChI=1S/C16H15BrClNO4/c1-8-5-11(21-2)12(22-3)6-9(8)15(20)13-14(18)10(17)7-19-16(13)23-4/h5-7H,1-4H3. The first-order valence-corrected chi connectivity index (χ1v) is 7.77. The Hall–Kier alpha value is -1.79. The van der Waals surface area contributed by atoms with Crippen molar-refractivity contribution < 1.29 is 19.0 Å². The number of carbonyl (C=O) groups excluding carboxylic acids is 1. The lowest BCUT2D eigenvalue weighted by atomic mass is 9.99. The molecule has 0 aliphatic heterocycles. The molecule has 0 aliphatic carbocycles. The highest BCUT2D eigenvalue weighted by atomic mass is 79.9. The molecule has 1 aromatic heterocycles. The van der Waals surface area contributed by atoms with Crippen molar-refractivity contribution >= 4 is 33.3 Å². The molecule has 0 aliphatic rings. The number of halogens is 2. The van der Waals surface area contributed by atoms with Crippen molar-refractivity contribution in [1.82, 2.24) is 4.98 Å². The minimum atomic E-state index is -0.306. The maximum Gasteiger partial charge on any atom is 0.226 e. The molecule has 0 spiro atoms. The predicted octanol–water partition coefficient (Wildman–Crippen LogP) is 4.06. The molecule has 0 amide bonds. The summed E-state index contributed by atoms with van der Waals surface area (Å²) in [7, 11) is 4.48. The lowest BCUT2D eigenvalue weighted by molar-refractivity contribution is 0.103. The summed E-state index contributed by atoms with van der Waals surface area (Å²) >= 11 is 9.54. The third-order valence-corrected chi connectivity index (χ3v) is 4.56. The fraction of sp³-hybridized carbons (Fsp3) is 0.250. The van der Waals surface area contributed by atoms with Crippen LogP contribution in [0.1, 0.15) is 21.5 Å². The highest BCUT2D eigenvalue weighted by Crippen LogP contribution is 2.36. The largest absolute Gasteiger partial charge is 0.493 e. The Morgan fingerprint density at radius 2 is 1.74 bits per heavy atom. The lowest BCUT2D eigenvalue weighted by Gasteiger charge is -2.14. The first kappa shape index (κ1) is 17.6. The van der Waals surface area contributed by atoms with Gasteiger partial charge in [0.1, 0.15) is 5.56 Å². The summed E-state index contributed by atoms with van der Waals surface area (Å²) in [5.41, 5.74) is 1.35. The molecule has 0 saturated heterocycles. The second-order valence-electron chi connectivity index (χ2n) is 4.66. The third kappa shape index (κ3) is 3.28. The van der Waals surface area contributed by atoms with Crippen LogP contribution in [0.25, 0.3) is 0 Å². The summed E-state index contributed by atoms with van der Waals surface area (Å²) in [6.45, 7) is 1.81. The highest BCUT2D eigenvalue weighted by molar-refractivity contribution is 9.10. The van der Waals surface area contributed by atoms with Gasteiger partial charge in [0.25, 0.3) is 0 Å². The molecule has 0 atom stereocenters. The fourth-order valence-corrected chi connectivity index (χ4v) is 2.68. The van der Waals surface area contributed by atoms with Gasteiger partial charge in [-0.15, -0.1) is 0 Å². The van der Waals surface area contributed by atoms with Crippen molar-refractivity contribution in [2.24, 2.45) is 0 Å². The van der Waals surface area contributed by atoms with E-state index in [0.717, 1.165) is 5.56 Å². The predicted molar refractivity (Wildman–Crippen MR) is 91.2 cm³/mol. The lowest BCUT2D eigenvalue weighted by Crippen LogP contribution is -2.09. The zero-order valence-corrected chi connectivity index (χ0v) is 15.4. The van der Waals surface area contributed by atoms with E-state index in [1.807, 2.05) is 0 Å². The minimum Gasteiger partial charge on any atom is -0.493 e. The number of hydrogen-bond acceptors (Lipinski definition) is 5. The number of methoxy groups -OCH3 is 3. The number of pyridine rings is 1. The number of nitrogens with zero attached hydrogens (tertiary/aromatic N) is 1. The number of benzene rings is 1. The van der Waals surface area contributed by atoms with Gasteiger partial charge in [-0.25, -0.2) is 4.98 Å². The van der Waals surface area contributed by atoms with Crippen molar-refractivity contribution in [3.8, 4) is 17.4 Å². The first-order chi connectivity index (χ1) is 10.9. The Kier molecular flexibility index (Phi) is 5.49. The van der Waals surface area contributed by atoms with Crippen molar-refractivity contribution in [3.63, 3.8) is 0 Å². The molecule has 0 radical (unpaired) electrons. The molecule has 0 unspecified atom stereocenters. The zero-order chi connectivity index (χ0) is 17.1. The molecule has 5 nitrogen and oxygen atoms in total. The number of carbonyl (C=O) groups is 1. The Morgan fingerprint density at radius 1 is 1.13 bits per heavy atom. The fourth-order valence-electron chi connectivity index (χ4n) is 2.16. The van der Waals surface area contributed by atoms with E-state index in [9.17, 15) is 4.79 Å². The molecule has 2 aromatic rings. The van der Waals surface area contributed by atoms with E-state index in [4.69, 9.17) is 25.8 Å². The van der Waals surface area contributed by atoms with Gasteiger partial charge in [0, 0.05) is 11.8 Å². The maximum absolute atomic E-state index is 13.0. The van der Waals surface area contributed by atoms with E-state index in [-0.39, 0.29) is 22.2 Å². The monoisotopic (exact) mass is 399 g/mol. The van der Waals surface area contributed by atoms with Crippen LogP contribution in [0.4, 0.5) is 0 Å². The Balaban J connectivity index is 2.64. The molecular weight excluding hydrogens is 386 g/mol. The molecule has 0 saturated carbocycles. The number of hydrogen-bond donors (Lipinski definition) is 0. The van der Waals surface area contributed by atoms with E-state index < -0.39 is 0 Å². The van der Waals surface area contributed by atoms with Crippen molar-refractivity contribution in [1.29, 1.82) is 0 Å². The van der Waals surface area contributed by atoms with Gasteiger partial charge in [-0.05, 0) is 40.5 Å². The van der Waals surface area contributed by atoms with Crippen LogP contribution in [-0.4, -0.2) is 32.1 Å². The number of ketones is 1. The summed E-state index contributed by atoms with van der Waals surface area (Å²) < 4.78 is 16.2. The Labute approximate surface area is 147 Å². The smallest absolute Gasteiger partial charge is 0.226 e. The molecule has 0 bridgehead atoms. The summed E-state index contributed by atoms with van der Waals surface area (Å²) in [4.78, 5) is 17.0. The van der Waals surface area contributed by atoms with Gasteiger partial charge < -0.3 is 14.2 Å². The van der Waals surface area contributed by atoms with E-state index >= 15 is 0 Å². The molecule has 122 valence electrons. The number of ether oxygens (including phenoxy) is 3. The average Bonchev–Trinajstić information content (AvgIpc) is 2.56. The molecular formula is C16H15BrClNO4. The molecule has 0 fully saturated rings. The molecule has 1 heterocycles.